The van der Waals surface area contributed by atoms with Gasteiger partial charge in [-0.25, -0.2) is 4.99 Å². The van der Waals surface area contributed by atoms with Crippen LogP contribution in [0.3, 0.4) is 0 Å². The summed E-state index contributed by atoms with van der Waals surface area (Å²) < 4.78 is 4.77. The zero-order chi connectivity index (χ0) is 33.5. The van der Waals surface area contributed by atoms with E-state index in [9.17, 15) is 0 Å². The number of hydrogen-bond donors (Lipinski definition) is 1. The Bertz CT molecular complexity index is 2820. The second kappa shape index (κ2) is 11.2. The first-order valence-corrected chi connectivity index (χ1v) is 18.3. The fraction of sp³-hybridized carbons (Fsp3) is 0.0667. The summed E-state index contributed by atoms with van der Waals surface area (Å²) >= 11 is 1.97. The molecule has 0 amide bonds. The average Bonchev–Trinajstić information content (AvgIpc) is 3.86. The predicted octanol–water partition coefficient (Wildman–Crippen LogP) is 10.5. The summed E-state index contributed by atoms with van der Waals surface area (Å²) in [5, 5.41) is 8.87. The van der Waals surface area contributed by atoms with Gasteiger partial charge in [-0.1, -0.05) is 133 Å². The van der Waals surface area contributed by atoms with E-state index in [4.69, 9.17) is 9.98 Å². The molecule has 3 atom stereocenters. The number of nitrogens with one attached hydrogen (secondary N) is 1. The molecular weight excluding hydrogens is 643 g/mol. The van der Waals surface area contributed by atoms with E-state index in [-0.39, 0.29) is 6.17 Å². The lowest BCUT2D eigenvalue weighted by Gasteiger charge is -2.24. The molecule has 1 N–H and O–H groups in total. The lowest BCUT2D eigenvalue weighted by atomic mass is 9.92. The van der Waals surface area contributed by atoms with Crippen LogP contribution in [0.25, 0.3) is 49.3 Å². The molecule has 3 unspecified atom stereocenters. The van der Waals surface area contributed by atoms with Crippen molar-refractivity contribution in [1.82, 2.24) is 14.5 Å². The molecule has 242 valence electrons. The van der Waals surface area contributed by atoms with Crippen LogP contribution < -0.4 is 5.32 Å². The lowest BCUT2D eigenvalue weighted by molar-refractivity contribution is 0.668. The second-order valence-electron chi connectivity index (χ2n) is 13.4. The van der Waals surface area contributed by atoms with Crippen molar-refractivity contribution in [3.63, 3.8) is 0 Å². The minimum Gasteiger partial charge on any atom is -0.344 e. The van der Waals surface area contributed by atoms with Crippen molar-refractivity contribution in [2.75, 3.05) is 0 Å². The van der Waals surface area contributed by atoms with E-state index in [0.717, 1.165) is 39.2 Å². The van der Waals surface area contributed by atoms with Crippen molar-refractivity contribution in [3.05, 3.63) is 181 Å². The Morgan fingerprint density at radius 2 is 1.24 bits per heavy atom. The van der Waals surface area contributed by atoms with Crippen molar-refractivity contribution < 1.29 is 0 Å². The molecule has 3 aliphatic rings. The Morgan fingerprint density at radius 1 is 0.588 bits per heavy atom. The van der Waals surface area contributed by atoms with Gasteiger partial charge < -0.3 is 9.88 Å². The van der Waals surface area contributed by atoms with E-state index in [0.29, 0.717) is 17.1 Å². The molecule has 0 saturated heterocycles. The molecule has 0 saturated carbocycles. The molecule has 1 aliphatic carbocycles. The number of allylic oxidation sites excluding steroid dienone is 3. The minimum atomic E-state index is -0.310. The Kier molecular flexibility index (Phi) is 6.31. The number of aliphatic imine (C=N–C) groups is 2. The first-order valence-electron chi connectivity index (χ1n) is 17.5. The Balaban J connectivity index is 1.24. The van der Waals surface area contributed by atoms with Gasteiger partial charge in [-0.05, 0) is 41.5 Å². The van der Waals surface area contributed by atoms with Gasteiger partial charge in [0, 0.05) is 48.9 Å². The minimum absolute atomic E-state index is 0.310. The number of para-hydroxylation sites is 2. The highest BCUT2D eigenvalue weighted by Crippen LogP contribution is 2.49. The van der Waals surface area contributed by atoms with Gasteiger partial charge in [0.1, 0.15) is 12.0 Å². The molecule has 2 aliphatic heterocycles. The van der Waals surface area contributed by atoms with E-state index in [2.05, 4.69) is 166 Å². The predicted molar refractivity (Wildman–Crippen MR) is 213 cm³/mol. The van der Waals surface area contributed by atoms with Crippen molar-refractivity contribution in [3.8, 4) is 5.69 Å². The maximum absolute atomic E-state index is 5.38. The van der Waals surface area contributed by atoms with Gasteiger partial charge in [0.05, 0.1) is 22.1 Å². The summed E-state index contributed by atoms with van der Waals surface area (Å²) in [6.45, 7) is 0. The van der Waals surface area contributed by atoms with Gasteiger partial charge in [-0.15, -0.1) is 11.8 Å². The number of rotatable bonds is 3. The Hall–Kier alpha value is -6.11. The van der Waals surface area contributed by atoms with Gasteiger partial charge in [-0.2, -0.15) is 4.99 Å². The lowest BCUT2D eigenvalue weighted by Crippen LogP contribution is -2.35. The standard InChI is InChI=1S/C45H31N5S/c1-3-13-28(14-4-1)43-46-44(29-15-5-2-6-16-29)48-45(47-43)50-38-21-11-8-18-32(38)35-25-24-34-31-17-7-10-20-37(31)49(41(34)42(35)50)30-23-26-40-36(27-30)33-19-9-12-22-39(33)51-40/h1-27,33,39,43H,(H,46,47,48). The van der Waals surface area contributed by atoms with E-state index < -0.39 is 0 Å². The molecule has 11 rings (SSSR count). The third-order valence-corrected chi connectivity index (χ3v) is 11.9. The van der Waals surface area contributed by atoms with Crippen LogP contribution in [0.15, 0.2) is 179 Å². The quantitative estimate of drug-likeness (QED) is 0.203. The number of fused-ring (bicyclic) bond motifs is 10. The monoisotopic (exact) mass is 673 g/mol. The third-order valence-electron chi connectivity index (χ3n) is 10.5. The SMILES string of the molecule is C1=CC2Sc3ccc(-n4c5ccccc5c5ccc6c7ccccc7n(C7=NC(c8ccccc8)NC(c8ccccc8)=N7)c6c54)cc3C2C=C1. The highest BCUT2D eigenvalue weighted by Gasteiger charge is 2.32. The van der Waals surface area contributed by atoms with Gasteiger partial charge >= 0.3 is 0 Å². The van der Waals surface area contributed by atoms with Crippen molar-refractivity contribution >= 4 is 67.2 Å². The van der Waals surface area contributed by atoms with E-state index in [1.54, 1.807) is 0 Å². The first kappa shape index (κ1) is 28.7. The van der Waals surface area contributed by atoms with Crippen molar-refractivity contribution in [2.45, 2.75) is 22.2 Å². The van der Waals surface area contributed by atoms with Crippen molar-refractivity contribution in [1.29, 1.82) is 0 Å². The molecule has 4 heterocycles. The van der Waals surface area contributed by atoms with Crippen LogP contribution in [-0.2, 0) is 0 Å². The number of nitrogens with zero attached hydrogens (tertiary/aromatic N) is 4. The normalized spacial score (nSPS) is 19.3. The molecule has 0 bridgehead atoms. The summed E-state index contributed by atoms with van der Waals surface area (Å²) in [7, 11) is 0. The number of amidine groups is 1. The largest absolute Gasteiger partial charge is 0.344 e. The molecule has 0 spiro atoms. The van der Waals surface area contributed by atoms with Crippen LogP contribution in [0.1, 0.15) is 28.8 Å². The smallest absolute Gasteiger partial charge is 0.234 e. The fourth-order valence-corrected chi connectivity index (χ4v) is 9.55. The molecule has 6 heteroatoms. The zero-order valence-electron chi connectivity index (χ0n) is 27.5. The van der Waals surface area contributed by atoms with E-state index >= 15 is 0 Å². The Morgan fingerprint density at radius 3 is 2.00 bits per heavy atom. The van der Waals surface area contributed by atoms with Crippen LogP contribution in [0.2, 0.25) is 0 Å². The van der Waals surface area contributed by atoms with Crippen LogP contribution in [0, 0.1) is 0 Å². The summed E-state index contributed by atoms with van der Waals surface area (Å²) in [5.41, 5.74) is 9.17. The van der Waals surface area contributed by atoms with Gasteiger partial charge in [0.2, 0.25) is 5.96 Å². The highest BCUT2D eigenvalue weighted by atomic mass is 32.2. The Labute approximate surface area is 299 Å². The summed E-state index contributed by atoms with van der Waals surface area (Å²) in [5.74, 6) is 1.83. The fourth-order valence-electron chi connectivity index (χ4n) is 8.23. The second-order valence-corrected chi connectivity index (χ2v) is 14.6. The number of thioether (sulfide) groups is 1. The van der Waals surface area contributed by atoms with Crippen LogP contribution >= 0.6 is 11.8 Å². The molecule has 5 nitrogen and oxygen atoms in total. The van der Waals surface area contributed by atoms with Gasteiger partial charge in [-0.3, -0.25) is 4.57 Å². The van der Waals surface area contributed by atoms with Gasteiger partial charge in [0.25, 0.3) is 0 Å². The number of aromatic nitrogens is 2. The molecule has 51 heavy (non-hydrogen) atoms. The molecule has 2 aromatic heterocycles. The average molecular weight is 674 g/mol. The third kappa shape index (κ3) is 4.36. The molecule has 0 radical (unpaired) electrons. The summed E-state index contributed by atoms with van der Waals surface area (Å²) in [6.07, 6.45) is 8.76. The zero-order valence-corrected chi connectivity index (χ0v) is 28.3. The van der Waals surface area contributed by atoms with E-state index in [1.165, 1.54) is 37.5 Å². The highest BCUT2D eigenvalue weighted by molar-refractivity contribution is 8.00. The summed E-state index contributed by atoms with van der Waals surface area (Å²) in [4.78, 5) is 12.1. The maximum Gasteiger partial charge on any atom is 0.234 e. The number of benzene rings is 6. The van der Waals surface area contributed by atoms with Crippen LogP contribution in [0.5, 0.6) is 0 Å². The molecule has 8 aromatic rings. The van der Waals surface area contributed by atoms with Crippen LogP contribution in [-0.4, -0.2) is 26.2 Å². The van der Waals surface area contributed by atoms with Gasteiger partial charge in [0.15, 0.2) is 0 Å². The van der Waals surface area contributed by atoms with Crippen molar-refractivity contribution in [2.24, 2.45) is 9.98 Å². The summed E-state index contributed by atoms with van der Waals surface area (Å²) in [6, 6.07) is 49.9. The molecule has 6 aromatic carbocycles. The number of hydrogen-bond acceptors (Lipinski definition) is 4. The molecular formula is C45H31N5S. The van der Waals surface area contributed by atoms with Crippen LogP contribution in [0.4, 0.5) is 0 Å². The topological polar surface area (TPSA) is 46.6 Å². The molecule has 0 fully saturated rings. The first-order chi connectivity index (χ1) is 25.3. The maximum atomic E-state index is 5.38. The van der Waals surface area contributed by atoms with E-state index in [1.807, 2.05) is 23.9 Å².